The van der Waals surface area contributed by atoms with Crippen molar-refractivity contribution in [1.82, 2.24) is 14.5 Å². The van der Waals surface area contributed by atoms with Gasteiger partial charge in [-0.3, -0.25) is 9.69 Å². The largest absolute Gasteiger partial charge is 0.380 e. The second kappa shape index (κ2) is 13.8. The molecule has 0 radical (unpaired) electrons. The quantitative estimate of drug-likeness (QED) is 0.301. The van der Waals surface area contributed by atoms with Gasteiger partial charge in [-0.2, -0.15) is 0 Å². The molecule has 2 atom stereocenters. The molecule has 2 aliphatic rings. The number of benzene rings is 3. The maximum atomic E-state index is 13.9. The molecule has 0 aromatic heterocycles. The van der Waals surface area contributed by atoms with E-state index in [-0.39, 0.29) is 22.4 Å². The van der Waals surface area contributed by atoms with E-state index in [1.807, 2.05) is 55.1 Å². The van der Waals surface area contributed by atoms with Gasteiger partial charge in [0.25, 0.3) is 5.91 Å². The number of carbonyl (C=O) groups is 1. The topological polar surface area (TPSA) is 81.8 Å². The fourth-order valence-corrected chi connectivity index (χ4v) is 7.40. The highest BCUT2D eigenvalue weighted by molar-refractivity contribution is 7.89. The molecule has 5 rings (SSSR count). The van der Waals surface area contributed by atoms with Crippen LogP contribution in [0.3, 0.4) is 0 Å². The third kappa shape index (κ3) is 7.66. The molecule has 0 bridgehead atoms. The number of hydrogen-bond donors (Lipinski definition) is 2. The van der Waals surface area contributed by atoms with Gasteiger partial charge in [0, 0.05) is 49.0 Å². The van der Waals surface area contributed by atoms with Crippen LogP contribution in [0.4, 0.5) is 5.69 Å². The smallest absolute Gasteiger partial charge is 0.254 e. The van der Waals surface area contributed by atoms with Crippen LogP contribution in [0.25, 0.3) is 0 Å². The van der Waals surface area contributed by atoms with Gasteiger partial charge in [0.15, 0.2) is 0 Å². The molecular weight excluding hydrogens is 556 g/mol. The first-order valence-corrected chi connectivity index (χ1v) is 16.5. The number of nitrogens with zero attached hydrogens (tertiary/aromatic N) is 2. The molecule has 1 unspecified atom stereocenters. The van der Waals surface area contributed by atoms with E-state index in [0.29, 0.717) is 18.5 Å². The second-order valence-corrected chi connectivity index (χ2v) is 13.7. The van der Waals surface area contributed by atoms with Crippen molar-refractivity contribution in [2.45, 2.75) is 76.0 Å². The van der Waals surface area contributed by atoms with Crippen molar-refractivity contribution in [1.29, 1.82) is 0 Å². The molecule has 2 heterocycles. The van der Waals surface area contributed by atoms with Crippen molar-refractivity contribution >= 4 is 21.6 Å². The van der Waals surface area contributed by atoms with Crippen LogP contribution in [-0.2, 0) is 23.0 Å². The molecule has 3 aromatic carbocycles. The number of anilines is 1. The summed E-state index contributed by atoms with van der Waals surface area (Å²) in [4.78, 5) is 18.5. The summed E-state index contributed by atoms with van der Waals surface area (Å²) >= 11 is 0. The number of sulfonamides is 1. The predicted molar refractivity (Wildman–Crippen MR) is 174 cm³/mol. The molecule has 1 amide bonds. The zero-order valence-electron chi connectivity index (χ0n) is 25.7. The Hall–Kier alpha value is -3.64. The van der Waals surface area contributed by atoms with Crippen molar-refractivity contribution in [2.75, 3.05) is 25.0 Å². The van der Waals surface area contributed by atoms with Crippen molar-refractivity contribution in [3.05, 3.63) is 95.1 Å². The molecule has 228 valence electrons. The molecule has 43 heavy (non-hydrogen) atoms. The average molecular weight is 601 g/mol. The van der Waals surface area contributed by atoms with Crippen LogP contribution in [0.15, 0.2) is 77.7 Å². The number of carbonyl (C=O) groups excluding carboxylic acids is 1. The monoisotopic (exact) mass is 600 g/mol. The van der Waals surface area contributed by atoms with Crippen LogP contribution < -0.4 is 10.0 Å². The van der Waals surface area contributed by atoms with E-state index >= 15 is 0 Å². The van der Waals surface area contributed by atoms with Gasteiger partial charge >= 0.3 is 0 Å². The zero-order chi connectivity index (χ0) is 31.2. The molecule has 0 spiro atoms. The van der Waals surface area contributed by atoms with Gasteiger partial charge in [0.2, 0.25) is 10.0 Å². The van der Waals surface area contributed by atoms with Crippen LogP contribution in [0.5, 0.6) is 0 Å². The highest BCUT2D eigenvalue weighted by atomic mass is 32.2. The highest BCUT2D eigenvalue weighted by Crippen LogP contribution is 2.39. The number of aryl methyl sites for hydroxylation is 1. The number of likely N-dealkylation sites (tertiary alicyclic amines) is 1. The fraction of sp³-hybridized carbons (Fsp3) is 0.400. The van der Waals surface area contributed by atoms with Crippen LogP contribution >= 0.6 is 0 Å². The van der Waals surface area contributed by atoms with Crippen LogP contribution in [0.1, 0.15) is 73.6 Å². The first-order valence-electron chi connectivity index (χ1n) is 15.0. The minimum Gasteiger partial charge on any atom is -0.380 e. The van der Waals surface area contributed by atoms with E-state index in [1.165, 1.54) is 5.56 Å². The number of terminal acetylenes is 1. The van der Waals surface area contributed by atoms with E-state index in [4.69, 9.17) is 0 Å². The molecule has 2 N–H and O–H groups in total. The molecular formula is C35H44N4O3S. The number of amides is 1. The van der Waals surface area contributed by atoms with Crippen molar-refractivity contribution < 1.29 is 13.2 Å². The van der Waals surface area contributed by atoms with Crippen molar-refractivity contribution in [3.8, 4) is 12.8 Å². The molecule has 0 saturated carbocycles. The molecule has 7 nitrogen and oxygen atoms in total. The first-order chi connectivity index (χ1) is 20.6. The normalized spacial score (nSPS) is 19.4. The summed E-state index contributed by atoms with van der Waals surface area (Å²) in [6.07, 6.45) is 10.3. The molecule has 1 saturated heterocycles. The summed E-state index contributed by atoms with van der Waals surface area (Å²) in [6.45, 7) is 11.5. The maximum absolute atomic E-state index is 13.9. The van der Waals surface area contributed by atoms with Gasteiger partial charge in [0.05, 0.1) is 10.9 Å². The molecule has 8 heteroatoms. The zero-order valence-corrected chi connectivity index (χ0v) is 26.5. The Labute approximate surface area is 257 Å². The minimum absolute atomic E-state index is 0.0107. The Morgan fingerprint density at radius 2 is 1.72 bits per heavy atom. The number of nitrogens with one attached hydrogen (secondary N) is 2. The van der Waals surface area contributed by atoms with Crippen molar-refractivity contribution in [2.24, 2.45) is 0 Å². The van der Waals surface area contributed by atoms with Crippen molar-refractivity contribution in [3.63, 3.8) is 0 Å². The lowest BCUT2D eigenvalue weighted by molar-refractivity contribution is 0.0693. The van der Waals surface area contributed by atoms with E-state index in [0.717, 1.165) is 49.3 Å². The highest BCUT2D eigenvalue weighted by Gasteiger charge is 2.36. The molecule has 2 aliphatic heterocycles. The third-order valence-electron chi connectivity index (χ3n) is 8.34. The van der Waals surface area contributed by atoms with Gasteiger partial charge in [-0.15, -0.1) is 12.8 Å². The van der Waals surface area contributed by atoms with Crippen LogP contribution in [0.2, 0.25) is 0 Å². The minimum atomic E-state index is -3.76. The van der Waals surface area contributed by atoms with Crippen LogP contribution in [0, 0.1) is 12.8 Å². The number of fused-ring (bicyclic) bond motifs is 1. The Bertz CT molecular complexity index is 1520. The lowest BCUT2D eigenvalue weighted by Gasteiger charge is -2.39. The lowest BCUT2D eigenvalue weighted by Crippen LogP contribution is -2.43. The van der Waals surface area contributed by atoms with E-state index in [9.17, 15) is 13.2 Å². The van der Waals surface area contributed by atoms with Gasteiger partial charge in [-0.1, -0.05) is 49.4 Å². The van der Waals surface area contributed by atoms with Gasteiger partial charge < -0.3 is 10.2 Å². The Morgan fingerprint density at radius 1 is 1.02 bits per heavy atom. The third-order valence-corrected chi connectivity index (χ3v) is 9.83. The predicted octanol–water partition coefficient (Wildman–Crippen LogP) is 5.85. The summed E-state index contributed by atoms with van der Waals surface area (Å²) in [5.74, 6) is -0.0107. The Kier molecular flexibility index (Phi) is 10.3. The van der Waals surface area contributed by atoms with Gasteiger partial charge in [0.1, 0.15) is 0 Å². The number of rotatable bonds is 9. The number of likely N-dealkylation sites (N-methyl/N-ethyl adjacent to an activating group) is 1. The average Bonchev–Trinajstić information content (AvgIpc) is 3.46. The SMILES string of the molecule is C#C.CCc1ccc(S(=O)(=O)N[C@H]2CC(C)(C)Nc3ccc(C(=O)N(CC)C4CCN(Cc5ccccc5)C4)cc32)cc1. The first kappa shape index (κ1) is 32.3. The molecule has 1 fully saturated rings. The standard InChI is InChI=1S/C33H42N4O3S.C2H2/c1-5-24-12-15-28(16-13-24)41(39,40)35-31-21-33(3,4)34-30-17-14-26(20-29(30)31)32(38)37(6-2)27-18-19-36(23-27)22-25-10-8-7-9-11-25;1-2/h7-17,20,27,31,34-35H,5-6,18-19,21-23H2,1-4H3;1-2H/t27?,31-;/m0./s1. The Balaban J connectivity index is 0.00000207. The lowest BCUT2D eigenvalue weighted by atomic mass is 9.85. The summed E-state index contributed by atoms with van der Waals surface area (Å²) in [6, 6.07) is 22.8. The Morgan fingerprint density at radius 3 is 2.37 bits per heavy atom. The molecule has 0 aliphatic carbocycles. The second-order valence-electron chi connectivity index (χ2n) is 11.9. The van der Waals surface area contributed by atoms with E-state index in [2.05, 4.69) is 65.9 Å². The van der Waals surface area contributed by atoms with E-state index in [1.54, 1.807) is 12.1 Å². The van der Waals surface area contributed by atoms with E-state index < -0.39 is 16.1 Å². The summed E-state index contributed by atoms with van der Waals surface area (Å²) in [5.41, 5.74) is 4.29. The molecule has 3 aromatic rings. The maximum Gasteiger partial charge on any atom is 0.254 e. The summed E-state index contributed by atoms with van der Waals surface area (Å²) in [5, 5.41) is 3.53. The summed E-state index contributed by atoms with van der Waals surface area (Å²) < 4.78 is 29.8. The fourth-order valence-electron chi connectivity index (χ4n) is 6.18. The van der Waals surface area contributed by atoms with Crippen LogP contribution in [-0.4, -0.2) is 55.3 Å². The number of hydrogen-bond acceptors (Lipinski definition) is 5. The van der Waals surface area contributed by atoms with Gasteiger partial charge in [-0.25, -0.2) is 13.1 Å². The summed E-state index contributed by atoms with van der Waals surface area (Å²) in [7, 11) is -3.76. The van der Waals surface area contributed by atoms with Gasteiger partial charge in [-0.05, 0) is 87.1 Å².